The van der Waals surface area contributed by atoms with Gasteiger partial charge >= 0.3 is 5.97 Å². The van der Waals surface area contributed by atoms with Gasteiger partial charge in [-0.2, -0.15) is 5.26 Å². The van der Waals surface area contributed by atoms with Crippen molar-refractivity contribution >= 4 is 118 Å². The van der Waals surface area contributed by atoms with Crippen molar-refractivity contribution in [1.82, 2.24) is 9.13 Å². The zero-order valence-corrected chi connectivity index (χ0v) is 65.1. The van der Waals surface area contributed by atoms with Crippen LogP contribution in [0.3, 0.4) is 0 Å². The first kappa shape index (κ1) is 72.4. The van der Waals surface area contributed by atoms with E-state index in [2.05, 4.69) is 412 Å². The second kappa shape index (κ2) is 31.3. The Morgan fingerprint density at radius 2 is 0.578 bits per heavy atom. The molecular formula is C105H73ClN4O4S2. The van der Waals surface area contributed by atoms with Gasteiger partial charge in [-0.25, -0.2) is 9.00 Å². The second-order valence-corrected chi connectivity index (χ2v) is 31.7. The van der Waals surface area contributed by atoms with E-state index in [0.29, 0.717) is 5.02 Å². The van der Waals surface area contributed by atoms with E-state index < -0.39 is 27.6 Å². The maximum absolute atomic E-state index is 14.0. The third-order valence-corrected chi connectivity index (χ3v) is 25.0. The first-order chi connectivity index (χ1) is 57.3. The van der Waals surface area contributed by atoms with Crippen LogP contribution < -0.4 is 9.80 Å². The molecule has 8 nitrogen and oxygen atoms in total. The standard InChI is InChI=1S/C49H34N2OS.C49H34N2S.C7H5ClO3/c52-53(39-31-27-37(28-32-39)50-45-23-11-7-19-41(45)42-20-8-12-24-46(42)50)40-33-29-38(30-34-40)51-47-25-13-9-21-43(47)49(35-15-3-1-4-16-35,36-17-5-2-6-18-36)44-22-10-14-26-48(44)51;1-3-15-35(16-4-1)49(36-17-5-2-6-18-36)43-21-9-13-25-47(43)51(48-26-14-10-22-44(48)49)38-29-33-40(34-30-38)52-39-31-27-37(28-32-39)50-45-23-11-7-19-41(45)42-20-8-12-24-46(42)50;8-6-3-1-2-5(4-6)7(9)11-10/h1-34H;1-34H;1-4,10H. The van der Waals surface area contributed by atoms with Crippen LogP contribution in [0.4, 0.5) is 34.1 Å². The molecule has 0 amide bonds. The molecule has 1 unspecified atom stereocenters. The van der Waals surface area contributed by atoms with Crippen molar-refractivity contribution in [3.05, 3.63) is 492 Å². The molecule has 4 heterocycles. The number of hydrogen-bond acceptors (Lipinski definition) is 7. The van der Waals surface area contributed by atoms with E-state index in [1.807, 2.05) is 24.3 Å². The van der Waals surface area contributed by atoms with Gasteiger partial charge in [-0.3, -0.25) is 4.89 Å². The lowest BCUT2D eigenvalue weighted by Crippen LogP contribution is -2.37. The molecule has 0 fully saturated rings. The second-order valence-electron chi connectivity index (χ2n) is 28.7. The average molecular weight is 1550 g/mol. The molecule has 556 valence electrons. The maximum Gasteiger partial charge on any atom is 0.372 e. The first-order valence-corrected chi connectivity index (χ1v) is 40.9. The van der Waals surface area contributed by atoms with Gasteiger partial charge < -0.3 is 18.9 Å². The van der Waals surface area contributed by atoms with Gasteiger partial charge in [-0.1, -0.05) is 296 Å². The van der Waals surface area contributed by atoms with E-state index in [0.717, 1.165) is 49.3 Å². The number of aromatic nitrogens is 2. The number of rotatable bonds is 13. The molecule has 0 aliphatic carbocycles. The van der Waals surface area contributed by atoms with Gasteiger partial charge in [0.2, 0.25) is 0 Å². The zero-order chi connectivity index (χ0) is 78.1. The maximum atomic E-state index is 14.0. The lowest BCUT2D eigenvalue weighted by atomic mass is 9.62. The quantitative estimate of drug-likeness (QED) is 0.0910. The van der Waals surface area contributed by atoms with Crippen LogP contribution >= 0.6 is 23.4 Å². The summed E-state index contributed by atoms with van der Waals surface area (Å²) in [5.74, 6) is -0.813. The summed E-state index contributed by atoms with van der Waals surface area (Å²) in [6.45, 7) is 0. The smallest absolute Gasteiger partial charge is 0.310 e. The normalized spacial score (nSPS) is 13.1. The Hall–Kier alpha value is -13.8. The van der Waals surface area contributed by atoms with Crippen LogP contribution in [-0.2, 0) is 26.5 Å². The van der Waals surface area contributed by atoms with Crippen LogP contribution in [0.1, 0.15) is 54.9 Å². The molecule has 0 spiro atoms. The molecule has 0 radical (unpaired) electrons. The van der Waals surface area contributed by atoms with Crippen LogP contribution in [0, 0.1) is 0 Å². The SMILES string of the molecule is O=C(OO)c1cccc(Cl)c1.O=S(c1ccc(N2c3ccccc3C(c3ccccc3)(c3ccccc3)c3ccccc32)cc1)c1ccc(-n2c3ccccc3c3ccccc32)cc1.c1ccc(C2(c3ccccc3)c3ccccc3N(c3ccc(Sc4ccc(-n5c6ccccc6c6ccccc65)cc4)cc3)c3ccccc32)cc1. The molecule has 0 saturated heterocycles. The van der Waals surface area contributed by atoms with Gasteiger partial charge in [0, 0.05) is 68.9 Å². The third-order valence-electron chi connectivity index (χ3n) is 22.4. The highest BCUT2D eigenvalue weighted by molar-refractivity contribution is 7.99. The molecule has 0 bridgehead atoms. The number of halogens is 1. The van der Waals surface area contributed by atoms with Crippen LogP contribution in [0.15, 0.2) is 456 Å². The summed E-state index contributed by atoms with van der Waals surface area (Å²) in [5, 5.41) is 13.4. The van der Waals surface area contributed by atoms with Crippen molar-refractivity contribution < 1.29 is 19.1 Å². The van der Waals surface area contributed by atoms with E-state index in [1.54, 1.807) is 23.9 Å². The summed E-state index contributed by atoms with van der Waals surface area (Å²) in [4.78, 5) is 22.9. The van der Waals surface area contributed by atoms with Crippen LogP contribution in [0.5, 0.6) is 0 Å². The summed E-state index contributed by atoms with van der Waals surface area (Å²) in [6, 6.07) is 154. The molecule has 0 saturated carbocycles. The van der Waals surface area contributed by atoms with Gasteiger partial charge in [-0.05, 0) is 208 Å². The third kappa shape index (κ3) is 12.7. The summed E-state index contributed by atoms with van der Waals surface area (Å²) in [7, 11) is -1.35. The van der Waals surface area contributed by atoms with Crippen molar-refractivity contribution in [2.45, 2.75) is 30.4 Å². The molecule has 17 aromatic carbocycles. The van der Waals surface area contributed by atoms with Gasteiger partial charge in [-0.15, -0.1) is 0 Å². The lowest BCUT2D eigenvalue weighted by Gasteiger charge is -2.46. The Bertz CT molecular complexity index is 6560. The van der Waals surface area contributed by atoms with E-state index in [9.17, 15) is 9.00 Å². The Morgan fingerprint density at radius 1 is 0.302 bits per heavy atom. The topological polar surface area (TPSA) is 79.9 Å². The molecule has 1 atom stereocenters. The summed E-state index contributed by atoms with van der Waals surface area (Å²) in [6.07, 6.45) is 0. The zero-order valence-electron chi connectivity index (χ0n) is 62.7. The minimum Gasteiger partial charge on any atom is -0.310 e. The number of carbonyl (C=O) groups is 1. The highest BCUT2D eigenvalue weighted by Crippen LogP contribution is 2.60. The molecule has 19 aromatic rings. The number of benzene rings is 17. The Kier molecular flexibility index (Phi) is 19.5. The average Bonchev–Trinajstić information content (AvgIpc) is 1.06. The van der Waals surface area contributed by atoms with E-state index in [1.165, 1.54) is 116 Å². The van der Waals surface area contributed by atoms with Crippen LogP contribution in [0.25, 0.3) is 55.0 Å². The van der Waals surface area contributed by atoms with Crippen molar-refractivity contribution in [3.8, 4) is 11.4 Å². The number of nitrogens with zero attached hydrogens (tertiary/aromatic N) is 4. The van der Waals surface area contributed by atoms with Crippen molar-refractivity contribution in [3.63, 3.8) is 0 Å². The number of anilines is 6. The van der Waals surface area contributed by atoms with Crippen molar-refractivity contribution in [2.24, 2.45) is 0 Å². The predicted molar refractivity (Wildman–Crippen MR) is 476 cm³/mol. The molecular weight excluding hydrogens is 1480 g/mol. The minimum absolute atomic E-state index is 0.222. The minimum atomic E-state index is -1.35. The molecule has 1 N–H and O–H groups in total. The number of fused-ring (bicyclic) bond motifs is 10. The Balaban J connectivity index is 0.000000137. The monoisotopic (exact) mass is 1550 g/mol. The Labute approximate surface area is 684 Å². The van der Waals surface area contributed by atoms with Crippen molar-refractivity contribution in [2.75, 3.05) is 9.80 Å². The number of para-hydroxylation sites is 8. The number of hydrogen-bond donors (Lipinski definition) is 1. The van der Waals surface area contributed by atoms with Gasteiger partial charge in [0.1, 0.15) is 0 Å². The molecule has 11 heteroatoms. The molecule has 2 aromatic heterocycles. The lowest BCUT2D eigenvalue weighted by molar-refractivity contribution is -0.182. The summed E-state index contributed by atoms with van der Waals surface area (Å²) >= 11 is 7.35. The van der Waals surface area contributed by atoms with Crippen LogP contribution in [-0.4, -0.2) is 24.6 Å². The van der Waals surface area contributed by atoms with E-state index in [4.69, 9.17) is 16.9 Å². The van der Waals surface area contributed by atoms with Gasteiger partial charge in [0.15, 0.2) is 0 Å². The predicted octanol–water partition coefficient (Wildman–Crippen LogP) is 27.2. The van der Waals surface area contributed by atoms with E-state index >= 15 is 0 Å². The van der Waals surface area contributed by atoms with Gasteiger partial charge in [0.25, 0.3) is 0 Å². The number of carbonyl (C=O) groups excluding carboxylic acids is 1. The van der Waals surface area contributed by atoms with E-state index in [-0.39, 0.29) is 5.56 Å². The highest BCUT2D eigenvalue weighted by atomic mass is 35.5. The molecule has 116 heavy (non-hydrogen) atoms. The Morgan fingerprint density at radius 3 is 0.897 bits per heavy atom. The molecule has 2 aliphatic rings. The summed E-state index contributed by atoms with van der Waals surface area (Å²) in [5.41, 5.74) is 22.9. The van der Waals surface area contributed by atoms with Gasteiger partial charge in [0.05, 0.1) is 72.0 Å². The fraction of sp³-hybridized carbons (Fsp3) is 0.0190. The summed E-state index contributed by atoms with van der Waals surface area (Å²) < 4.78 is 18.7. The largest absolute Gasteiger partial charge is 0.372 e. The fourth-order valence-corrected chi connectivity index (χ4v) is 19.5. The van der Waals surface area contributed by atoms with Crippen LogP contribution in [0.2, 0.25) is 5.02 Å². The van der Waals surface area contributed by atoms with Crippen molar-refractivity contribution in [1.29, 1.82) is 0 Å². The molecule has 21 rings (SSSR count). The highest BCUT2D eigenvalue weighted by Gasteiger charge is 2.48. The molecule has 2 aliphatic heterocycles. The fourth-order valence-electron chi connectivity index (χ4n) is 17.5. The first-order valence-electron chi connectivity index (χ1n) is 38.6.